The highest BCUT2D eigenvalue weighted by molar-refractivity contribution is 5.85. The molecule has 0 amide bonds. The summed E-state index contributed by atoms with van der Waals surface area (Å²) in [6.07, 6.45) is 1.39. The molecule has 0 aliphatic heterocycles. The summed E-state index contributed by atoms with van der Waals surface area (Å²) in [6, 6.07) is 21.8. The first-order chi connectivity index (χ1) is 15.2. The predicted octanol–water partition coefficient (Wildman–Crippen LogP) is 3.10. The highest BCUT2D eigenvalue weighted by Gasteiger charge is 2.13. The van der Waals surface area contributed by atoms with E-state index in [0.717, 1.165) is 5.56 Å². The maximum absolute atomic E-state index is 10.2. The topological polar surface area (TPSA) is 108 Å². The number of rotatable bonds is 11. The fraction of sp³-hybridized carbons (Fsp3) is 0.250. The van der Waals surface area contributed by atoms with E-state index < -0.39 is 6.10 Å². The number of halogens is 1. The van der Waals surface area contributed by atoms with Crippen LogP contribution in [0.4, 0.5) is 0 Å². The number of aliphatic hydroxyl groups excluding tert-OH is 2. The van der Waals surface area contributed by atoms with Gasteiger partial charge in [0.2, 0.25) is 5.88 Å². The first-order valence-corrected chi connectivity index (χ1v) is 10.00. The first kappa shape index (κ1) is 25.1. The van der Waals surface area contributed by atoms with Gasteiger partial charge in [-0.25, -0.2) is 4.98 Å². The Morgan fingerprint density at radius 2 is 1.81 bits per heavy atom. The molecular weight excluding hydrogens is 430 g/mol. The van der Waals surface area contributed by atoms with E-state index in [2.05, 4.69) is 16.4 Å². The molecule has 3 N–H and O–H groups in total. The normalized spacial score (nSPS) is 12.2. The Balaban J connectivity index is 0.00000363. The molecule has 3 aromatic rings. The highest BCUT2D eigenvalue weighted by atomic mass is 35.5. The smallest absolute Gasteiger partial charge is 0.237 e. The standard InChI is InChI=1S/C24H25N3O4.ClH/c25-14-19-7-5-11-26-24(19)31-23-10-4-6-18(13-23)12-20(16-28)27-15-21(29)17-30-22-8-2-1-3-9-22;/h1-11,13,20-21,27-29H,12,15-17H2;1H/t20-,21+;/m0./s1. The van der Waals surface area contributed by atoms with E-state index in [9.17, 15) is 15.5 Å². The molecule has 0 radical (unpaired) electrons. The van der Waals surface area contributed by atoms with Crippen molar-refractivity contribution in [3.05, 3.63) is 84.1 Å². The molecule has 3 rings (SSSR count). The van der Waals surface area contributed by atoms with Gasteiger partial charge in [-0.2, -0.15) is 5.26 Å². The molecule has 0 aliphatic carbocycles. The van der Waals surface area contributed by atoms with Crippen molar-refractivity contribution < 1.29 is 19.7 Å². The summed E-state index contributed by atoms with van der Waals surface area (Å²) in [4.78, 5) is 4.10. The summed E-state index contributed by atoms with van der Waals surface area (Å²) in [5, 5.41) is 32.2. The lowest BCUT2D eigenvalue weighted by Gasteiger charge is -2.19. The van der Waals surface area contributed by atoms with Gasteiger partial charge < -0.3 is 25.0 Å². The molecule has 0 spiro atoms. The van der Waals surface area contributed by atoms with Crippen molar-refractivity contribution >= 4 is 12.4 Å². The summed E-state index contributed by atoms with van der Waals surface area (Å²) in [7, 11) is 0. The maximum Gasteiger partial charge on any atom is 0.237 e. The van der Waals surface area contributed by atoms with Gasteiger partial charge in [0, 0.05) is 18.8 Å². The molecule has 2 aromatic carbocycles. The zero-order chi connectivity index (χ0) is 21.9. The second-order valence-electron chi connectivity index (χ2n) is 6.99. The minimum Gasteiger partial charge on any atom is -0.491 e. The van der Waals surface area contributed by atoms with Crippen molar-refractivity contribution in [3.63, 3.8) is 0 Å². The zero-order valence-electron chi connectivity index (χ0n) is 17.4. The van der Waals surface area contributed by atoms with Crippen molar-refractivity contribution in [2.45, 2.75) is 18.6 Å². The Morgan fingerprint density at radius 1 is 1.03 bits per heavy atom. The quantitative estimate of drug-likeness (QED) is 0.407. The van der Waals surface area contributed by atoms with E-state index in [1.165, 1.54) is 0 Å². The van der Waals surface area contributed by atoms with Crippen molar-refractivity contribution in [3.8, 4) is 23.4 Å². The second-order valence-corrected chi connectivity index (χ2v) is 6.99. The van der Waals surface area contributed by atoms with Gasteiger partial charge in [-0.15, -0.1) is 12.4 Å². The third-order valence-electron chi connectivity index (χ3n) is 4.53. The van der Waals surface area contributed by atoms with Crippen LogP contribution in [0.2, 0.25) is 0 Å². The van der Waals surface area contributed by atoms with E-state index in [-0.39, 0.29) is 44.1 Å². The van der Waals surface area contributed by atoms with Crippen molar-refractivity contribution in [2.75, 3.05) is 19.8 Å². The Bertz CT molecular complexity index is 998. The third kappa shape index (κ3) is 7.84. The number of para-hydroxylation sites is 1. The van der Waals surface area contributed by atoms with E-state index >= 15 is 0 Å². The number of nitrogens with one attached hydrogen (secondary N) is 1. The Morgan fingerprint density at radius 3 is 2.56 bits per heavy atom. The van der Waals surface area contributed by atoms with Crippen molar-refractivity contribution in [2.24, 2.45) is 0 Å². The van der Waals surface area contributed by atoms with E-state index in [4.69, 9.17) is 9.47 Å². The SMILES string of the molecule is Cl.N#Cc1cccnc1Oc1cccc(C[C@@H](CO)NC[C@@H](O)COc2ccccc2)c1. The lowest BCUT2D eigenvalue weighted by atomic mass is 10.1. The van der Waals surface area contributed by atoms with Gasteiger partial charge in [-0.1, -0.05) is 30.3 Å². The summed E-state index contributed by atoms with van der Waals surface area (Å²) >= 11 is 0. The predicted molar refractivity (Wildman–Crippen MR) is 123 cm³/mol. The Labute approximate surface area is 193 Å². The van der Waals surface area contributed by atoms with Gasteiger partial charge in [0.25, 0.3) is 0 Å². The number of benzene rings is 2. The van der Waals surface area contributed by atoms with Crippen LogP contribution in [0.25, 0.3) is 0 Å². The van der Waals surface area contributed by atoms with Crippen LogP contribution in [-0.4, -0.2) is 47.1 Å². The van der Waals surface area contributed by atoms with Crippen molar-refractivity contribution in [1.82, 2.24) is 10.3 Å². The van der Waals surface area contributed by atoms with Gasteiger partial charge in [0.05, 0.1) is 6.61 Å². The van der Waals surface area contributed by atoms with E-state index in [0.29, 0.717) is 23.5 Å². The van der Waals surface area contributed by atoms with Crippen LogP contribution in [-0.2, 0) is 6.42 Å². The average Bonchev–Trinajstić information content (AvgIpc) is 2.81. The molecular formula is C24H26ClN3O4. The van der Waals surface area contributed by atoms with Crippen LogP contribution >= 0.6 is 12.4 Å². The molecule has 2 atom stereocenters. The number of hydrogen-bond donors (Lipinski definition) is 3. The van der Waals surface area contributed by atoms with Gasteiger partial charge in [0.1, 0.15) is 35.8 Å². The lowest BCUT2D eigenvalue weighted by Crippen LogP contribution is -2.41. The third-order valence-corrected chi connectivity index (χ3v) is 4.53. The summed E-state index contributed by atoms with van der Waals surface area (Å²) < 4.78 is 11.3. The Kier molecular flexibility index (Phi) is 10.4. The molecule has 0 saturated carbocycles. The summed E-state index contributed by atoms with van der Waals surface area (Å²) in [5.41, 5.74) is 1.29. The minimum absolute atomic E-state index is 0. The average molecular weight is 456 g/mol. The number of ether oxygens (including phenoxy) is 2. The first-order valence-electron chi connectivity index (χ1n) is 10.00. The molecule has 1 aromatic heterocycles. The molecule has 0 fully saturated rings. The van der Waals surface area contributed by atoms with Crippen molar-refractivity contribution in [1.29, 1.82) is 5.26 Å². The molecule has 168 valence electrons. The molecule has 32 heavy (non-hydrogen) atoms. The lowest BCUT2D eigenvalue weighted by molar-refractivity contribution is 0.0997. The molecule has 0 unspecified atom stereocenters. The maximum atomic E-state index is 10.2. The fourth-order valence-electron chi connectivity index (χ4n) is 2.96. The second kappa shape index (κ2) is 13.3. The number of aliphatic hydroxyl groups is 2. The fourth-order valence-corrected chi connectivity index (χ4v) is 2.96. The minimum atomic E-state index is -0.711. The number of nitriles is 1. The molecule has 0 bridgehead atoms. The van der Waals surface area contributed by atoms with Crippen LogP contribution < -0.4 is 14.8 Å². The number of aromatic nitrogens is 1. The summed E-state index contributed by atoms with van der Waals surface area (Å²) in [5.74, 6) is 1.51. The Hall–Kier alpha value is -3.15. The van der Waals surface area contributed by atoms with Gasteiger partial charge in [0.15, 0.2) is 0 Å². The highest BCUT2D eigenvalue weighted by Crippen LogP contribution is 2.23. The molecule has 8 heteroatoms. The molecule has 7 nitrogen and oxygen atoms in total. The largest absolute Gasteiger partial charge is 0.491 e. The van der Waals surface area contributed by atoms with Gasteiger partial charge in [-0.3, -0.25) is 0 Å². The van der Waals surface area contributed by atoms with E-state index in [1.54, 1.807) is 24.4 Å². The van der Waals surface area contributed by atoms with Gasteiger partial charge >= 0.3 is 0 Å². The zero-order valence-corrected chi connectivity index (χ0v) is 18.2. The van der Waals surface area contributed by atoms with Crippen LogP contribution in [0, 0.1) is 11.3 Å². The summed E-state index contributed by atoms with van der Waals surface area (Å²) in [6.45, 7) is 0.355. The van der Waals surface area contributed by atoms with E-state index in [1.807, 2.05) is 48.5 Å². The number of pyridine rings is 1. The number of hydrogen-bond acceptors (Lipinski definition) is 7. The van der Waals surface area contributed by atoms with Crippen LogP contribution in [0.3, 0.4) is 0 Å². The molecule has 0 aliphatic rings. The monoisotopic (exact) mass is 455 g/mol. The van der Waals surface area contributed by atoms with Gasteiger partial charge in [-0.05, 0) is 48.4 Å². The molecule has 1 heterocycles. The number of nitrogens with zero attached hydrogens (tertiary/aromatic N) is 2. The molecule has 0 saturated heterocycles. The van der Waals surface area contributed by atoms with Crippen LogP contribution in [0.15, 0.2) is 72.9 Å². The van der Waals surface area contributed by atoms with Crippen LogP contribution in [0.1, 0.15) is 11.1 Å². The van der Waals surface area contributed by atoms with Crippen LogP contribution in [0.5, 0.6) is 17.4 Å².